The van der Waals surface area contributed by atoms with E-state index in [2.05, 4.69) is 31.2 Å². The molecule has 1 aromatic rings. The average molecular weight is 161 g/mol. The molecule has 12 heavy (non-hydrogen) atoms. The molecule has 2 rings (SSSR count). The zero-order chi connectivity index (χ0) is 8.55. The number of rotatable bonds is 2. The van der Waals surface area contributed by atoms with Crippen LogP contribution in [-0.2, 0) is 0 Å². The first kappa shape index (κ1) is 7.81. The number of hydrogen-bond acceptors (Lipinski definition) is 1. The van der Waals surface area contributed by atoms with Crippen molar-refractivity contribution in [2.24, 2.45) is 11.7 Å². The molecule has 0 aromatic heterocycles. The van der Waals surface area contributed by atoms with E-state index in [1.54, 1.807) is 0 Å². The number of nitrogens with two attached hydrogens (primary N) is 1. The molecule has 1 aliphatic rings. The van der Waals surface area contributed by atoms with Crippen molar-refractivity contribution in [2.45, 2.75) is 25.8 Å². The van der Waals surface area contributed by atoms with Crippen molar-refractivity contribution >= 4 is 0 Å². The van der Waals surface area contributed by atoms with Crippen LogP contribution in [0.15, 0.2) is 24.3 Å². The van der Waals surface area contributed by atoms with Crippen LogP contribution >= 0.6 is 0 Å². The maximum Gasteiger partial charge on any atom is 0.0326 e. The van der Waals surface area contributed by atoms with Gasteiger partial charge in [-0.25, -0.2) is 0 Å². The lowest BCUT2D eigenvalue weighted by Gasteiger charge is -2.12. The van der Waals surface area contributed by atoms with Crippen LogP contribution in [0, 0.1) is 12.8 Å². The second-order valence-corrected chi connectivity index (χ2v) is 3.72. The van der Waals surface area contributed by atoms with Crippen LogP contribution in [0.2, 0.25) is 0 Å². The van der Waals surface area contributed by atoms with Crippen LogP contribution < -0.4 is 5.73 Å². The van der Waals surface area contributed by atoms with Gasteiger partial charge in [0.05, 0.1) is 0 Å². The van der Waals surface area contributed by atoms with Crippen molar-refractivity contribution in [3.05, 3.63) is 35.4 Å². The number of benzene rings is 1. The molecule has 1 aliphatic carbocycles. The molecule has 2 N–H and O–H groups in total. The van der Waals surface area contributed by atoms with E-state index in [1.165, 1.54) is 24.0 Å². The summed E-state index contributed by atoms with van der Waals surface area (Å²) in [5, 5.41) is 0. The third kappa shape index (κ3) is 1.37. The van der Waals surface area contributed by atoms with Gasteiger partial charge in [0.25, 0.3) is 0 Å². The predicted molar refractivity (Wildman–Crippen MR) is 50.8 cm³/mol. The molecule has 0 radical (unpaired) electrons. The lowest BCUT2D eigenvalue weighted by Crippen LogP contribution is -2.13. The lowest BCUT2D eigenvalue weighted by molar-refractivity contribution is 0.630. The van der Waals surface area contributed by atoms with Gasteiger partial charge >= 0.3 is 0 Å². The Hall–Kier alpha value is -0.820. The van der Waals surface area contributed by atoms with E-state index in [1.807, 2.05) is 0 Å². The maximum atomic E-state index is 6.10. The fraction of sp³-hybridized carbons (Fsp3) is 0.455. The molecule has 0 saturated heterocycles. The minimum absolute atomic E-state index is 0.284. The molecular weight excluding hydrogens is 146 g/mol. The quantitative estimate of drug-likeness (QED) is 0.708. The molecule has 1 unspecified atom stereocenters. The van der Waals surface area contributed by atoms with Crippen LogP contribution in [0.5, 0.6) is 0 Å². The smallest absolute Gasteiger partial charge is 0.0326 e. The van der Waals surface area contributed by atoms with Crippen molar-refractivity contribution in [2.75, 3.05) is 0 Å². The summed E-state index contributed by atoms with van der Waals surface area (Å²) >= 11 is 0. The SMILES string of the molecule is Cc1ccccc1C(N)C1CC1. The van der Waals surface area contributed by atoms with E-state index < -0.39 is 0 Å². The Morgan fingerprint density at radius 3 is 2.58 bits per heavy atom. The summed E-state index contributed by atoms with van der Waals surface area (Å²) < 4.78 is 0. The predicted octanol–water partition coefficient (Wildman–Crippen LogP) is 2.40. The molecule has 1 atom stereocenters. The summed E-state index contributed by atoms with van der Waals surface area (Å²) in [4.78, 5) is 0. The van der Waals surface area contributed by atoms with E-state index in [0.29, 0.717) is 0 Å². The number of hydrogen-bond donors (Lipinski definition) is 1. The van der Waals surface area contributed by atoms with E-state index in [9.17, 15) is 0 Å². The molecule has 1 nitrogen and oxygen atoms in total. The standard InChI is InChI=1S/C11H15N/c1-8-4-2-3-5-10(8)11(12)9-6-7-9/h2-5,9,11H,6-7,12H2,1H3. The molecule has 0 heterocycles. The molecular formula is C11H15N. The van der Waals surface area contributed by atoms with Crippen molar-refractivity contribution in [3.63, 3.8) is 0 Å². The van der Waals surface area contributed by atoms with Crippen LogP contribution in [-0.4, -0.2) is 0 Å². The van der Waals surface area contributed by atoms with E-state index in [0.717, 1.165) is 5.92 Å². The highest BCUT2D eigenvalue weighted by atomic mass is 14.7. The first-order chi connectivity index (χ1) is 5.79. The first-order valence-electron chi connectivity index (χ1n) is 4.60. The Balaban J connectivity index is 2.25. The zero-order valence-corrected chi connectivity index (χ0v) is 7.46. The summed E-state index contributed by atoms with van der Waals surface area (Å²) in [5.41, 5.74) is 8.76. The highest BCUT2D eigenvalue weighted by Crippen LogP contribution is 2.40. The Morgan fingerprint density at radius 1 is 1.33 bits per heavy atom. The molecule has 1 fully saturated rings. The fourth-order valence-corrected chi connectivity index (χ4v) is 1.67. The van der Waals surface area contributed by atoms with Crippen molar-refractivity contribution in [3.8, 4) is 0 Å². The van der Waals surface area contributed by atoms with Crippen molar-refractivity contribution in [1.82, 2.24) is 0 Å². The van der Waals surface area contributed by atoms with Gasteiger partial charge in [0, 0.05) is 6.04 Å². The second kappa shape index (κ2) is 2.91. The van der Waals surface area contributed by atoms with Gasteiger partial charge in [-0.05, 0) is 36.8 Å². The summed E-state index contributed by atoms with van der Waals surface area (Å²) in [5.74, 6) is 0.756. The Morgan fingerprint density at radius 2 is 2.00 bits per heavy atom. The topological polar surface area (TPSA) is 26.0 Å². The molecule has 1 aromatic carbocycles. The molecule has 0 spiro atoms. The monoisotopic (exact) mass is 161 g/mol. The maximum absolute atomic E-state index is 6.10. The molecule has 1 heteroatoms. The summed E-state index contributed by atoms with van der Waals surface area (Å²) in [6.45, 7) is 2.14. The van der Waals surface area contributed by atoms with Gasteiger partial charge in [-0.2, -0.15) is 0 Å². The molecule has 0 aliphatic heterocycles. The van der Waals surface area contributed by atoms with Gasteiger partial charge in [0.1, 0.15) is 0 Å². The Bertz CT molecular complexity index is 276. The average Bonchev–Trinajstić information content (AvgIpc) is 2.86. The van der Waals surface area contributed by atoms with Gasteiger partial charge in [-0.15, -0.1) is 0 Å². The fourth-order valence-electron chi connectivity index (χ4n) is 1.67. The highest BCUT2D eigenvalue weighted by Gasteiger charge is 2.29. The van der Waals surface area contributed by atoms with Crippen LogP contribution in [0.4, 0.5) is 0 Å². The third-order valence-electron chi connectivity index (χ3n) is 2.68. The van der Waals surface area contributed by atoms with Crippen LogP contribution in [0.25, 0.3) is 0 Å². The van der Waals surface area contributed by atoms with E-state index in [4.69, 9.17) is 5.73 Å². The van der Waals surface area contributed by atoms with Gasteiger partial charge in [0.2, 0.25) is 0 Å². The van der Waals surface area contributed by atoms with Crippen LogP contribution in [0.1, 0.15) is 30.0 Å². The summed E-state index contributed by atoms with van der Waals surface area (Å²) in [7, 11) is 0. The van der Waals surface area contributed by atoms with Gasteiger partial charge in [0.15, 0.2) is 0 Å². The highest BCUT2D eigenvalue weighted by molar-refractivity contribution is 5.29. The minimum atomic E-state index is 0.284. The zero-order valence-electron chi connectivity index (χ0n) is 7.46. The molecule has 64 valence electrons. The van der Waals surface area contributed by atoms with Gasteiger partial charge < -0.3 is 5.73 Å². The van der Waals surface area contributed by atoms with Crippen molar-refractivity contribution in [1.29, 1.82) is 0 Å². The molecule has 0 amide bonds. The van der Waals surface area contributed by atoms with Crippen molar-refractivity contribution < 1.29 is 0 Å². The second-order valence-electron chi connectivity index (χ2n) is 3.72. The summed E-state index contributed by atoms with van der Waals surface area (Å²) in [6.07, 6.45) is 2.63. The van der Waals surface area contributed by atoms with E-state index >= 15 is 0 Å². The van der Waals surface area contributed by atoms with Gasteiger partial charge in [-0.1, -0.05) is 24.3 Å². The Kier molecular flexibility index (Phi) is 1.89. The Labute approximate surface area is 73.6 Å². The van der Waals surface area contributed by atoms with E-state index in [-0.39, 0.29) is 6.04 Å². The first-order valence-corrected chi connectivity index (χ1v) is 4.60. The molecule has 0 bridgehead atoms. The number of aryl methyl sites for hydroxylation is 1. The van der Waals surface area contributed by atoms with Crippen LogP contribution in [0.3, 0.4) is 0 Å². The minimum Gasteiger partial charge on any atom is -0.324 e. The molecule has 1 saturated carbocycles. The summed E-state index contributed by atoms with van der Waals surface area (Å²) in [6, 6.07) is 8.71. The lowest BCUT2D eigenvalue weighted by atomic mass is 9.99. The third-order valence-corrected chi connectivity index (χ3v) is 2.68. The normalized spacial score (nSPS) is 19.2. The largest absolute Gasteiger partial charge is 0.324 e. The van der Waals surface area contributed by atoms with Gasteiger partial charge in [-0.3, -0.25) is 0 Å².